The van der Waals surface area contributed by atoms with Crippen molar-refractivity contribution in [2.45, 2.75) is 20.3 Å². The van der Waals surface area contributed by atoms with E-state index in [1.54, 1.807) is 13.8 Å². The quantitative estimate of drug-likeness (QED) is 0.161. The van der Waals surface area contributed by atoms with Gasteiger partial charge in [0.05, 0.1) is 31.9 Å². The molecular weight excluding hydrogens is 535 g/mol. The Bertz CT molecular complexity index is 1610. The highest BCUT2D eigenvalue weighted by Gasteiger charge is 2.16. The Kier molecular flexibility index (Phi) is 7.69. The van der Waals surface area contributed by atoms with Crippen molar-refractivity contribution >= 4 is 56.6 Å². The molecule has 184 valence electrons. The van der Waals surface area contributed by atoms with E-state index in [1.807, 2.05) is 30.3 Å². The molecule has 0 fully saturated rings. The van der Waals surface area contributed by atoms with E-state index in [2.05, 4.69) is 9.97 Å². The molecule has 9 heteroatoms. The summed E-state index contributed by atoms with van der Waals surface area (Å²) in [4.78, 5) is 8.25. The first-order valence-corrected chi connectivity index (χ1v) is 11.8. The van der Waals surface area contributed by atoms with Crippen LogP contribution in [0.4, 0.5) is 17.6 Å². The molecule has 0 N–H and O–H groups in total. The van der Waals surface area contributed by atoms with Crippen LogP contribution in [-0.4, -0.2) is 9.97 Å². The Labute approximate surface area is 219 Å². The Morgan fingerprint density at radius 1 is 0.667 bits per heavy atom. The summed E-state index contributed by atoms with van der Waals surface area (Å²) in [5.41, 5.74) is 3.36. The van der Waals surface area contributed by atoms with E-state index in [4.69, 9.17) is 34.8 Å². The van der Waals surface area contributed by atoms with Crippen molar-refractivity contribution in [3.8, 4) is 0 Å². The third-order valence-electron chi connectivity index (χ3n) is 5.60. The van der Waals surface area contributed by atoms with Gasteiger partial charge < -0.3 is 0 Å². The maximum Gasteiger partial charge on any atom is 0.137 e. The van der Waals surface area contributed by atoms with E-state index in [0.717, 1.165) is 35.0 Å². The van der Waals surface area contributed by atoms with E-state index in [-0.39, 0.29) is 32.0 Å². The van der Waals surface area contributed by atoms with Gasteiger partial charge in [-0.3, -0.25) is 4.98 Å². The van der Waals surface area contributed by atoms with Crippen LogP contribution >= 0.6 is 34.8 Å². The lowest BCUT2D eigenvalue weighted by Crippen LogP contribution is -2.00. The van der Waals surface area contributed by atoms with Crippen LogP contribution in [0.2, 0.25) is 15.2 Å². The molecule has 3 aromatic carbocycles. The molecule has 0 aliphatic carbocycles. The summed E-state index contributed by atoms with van der Waals surface area (Å²) < 4.78 is 53.6. The van der Waals surface area contributed by atoms with Gasteiger partial charge in [-0.2, -0.15) is 0 Å². The average Bonchev–Trinajstić information content (AvgIpc) is 2.81. The third kappa shape index (κ3) is 5.26. The molecule has 0 aliphatic heterocycles. The van der Waals surface area contributed by atoms with Gasteiger partial charge in [-0.1, -0.05) is 65.1 Å². The monoisotopic (exact) mass is 550 g/mol. The zero-order valence-corrected chi connectivity index (χ0v) is 21.2. The first-order valence-electron chi connectivity index (χ1n) is 10.6. The van der Waals surface area contributed by atoms with Crippen molar-refractivity contribution in [1.29, 1.82) is 0 Å². The van der Waals surface area contributed by atoms with Gasteiger partial charge in [0.1, 0.15) is 28.4 Å². The Balaban J connectivity index is 0.000000179. The minimum absolute atomic E-state index is 0.0972. The summed E-state index contributed by atoms with van der Waals surface area (Å²) in [7, 11) is 0. The number of aromatic nitrogens is 2. The zero-order valence-electron chi connectivity index (χ0n) is 18.9. The molecule has 0 saturated heterocycles. The largest absolute Gasteiger partial charge is 0.252 e. The average molecular weight is 552 g/mol. The van der Waals surface area contributed by atoms with Crippen molar-refractivity contribution in [3.05, 3.63) is 115 Å². The lowest BCUT2D eigenvalue weighted by Gasteiger charge is -2.11. The molecule has 0 amide bonds. The van der Waals surface area contributed by atoms with Crippen LogP contribution in [0.25, 0.3) is 21.8 Å². The minimum atomic E-state index is -0.734. The molecular formula is C27H17Cl3F4N2. The molecule has 5 aromatic rings. The second kappa shape index (κ2) is 10.6. The highest BCUT2D eigenvalue weighted by atomic mass is 35.5. The van der Waals surface area contributed by atoms with Gasteiger partial charge in [-0.15, -0.1) is 0 Å². The number of halogens is 7. The SMILES string of the molecule is Cc1c(Cc2ccccc2)nc2cc(F)cc(F)c2c1Cl.Cc1c(Cl)nc2cc(F)cc(F)c2c1Cl. The summed E-state index contributed by atoms with van der Waals surface area (Å²) in [6, 6.07) is 13.7. The van der Waals surface area contributed by atoms with Crippen molar-refractivity contribution in [3.63, 3.8) is 0 Å². The van der Waals surface area contributed by atoms with Crippen LogP contribution in [0, 0.1) is 37.1 Å². The summed E-state index contributed by atoms with van der Waals surface area (Å²) in [6.45, 7) is 3.43. The van der Waals surface area contributed by atoms with Gasteiger partial charge in [-0.05, 0) is 25.0 Å². The first-order chi connectivity index (χ1) is 17.1. The lowest BCUT2D eigenvalue weighted by molar-refractivity contribution is 0.590. The van der Waals surface area contributed by atoms with Crippen LogP contribution in [-0.2, 0) is 6.42 Å². The maximum atomic E-state index is 13.9. The van der Waals surface area contributed by atoms with Crippen LogP contribution in [0.1, 0.15) is 22.4 Å². The molecule has 0 bridgehead atoms. The fraction of sp³-hybridized carbons (Fsp3) is 0.111. The highest BCUT2D eigenvalue weighted by Crippen LogP contribution is 2.33. The summed E-state index contributed by atoms with van der Waals surface area (Å²) in [6.07, 6.45) is 0.570. The molecule has 0 saturated carbocycles. The molecule has 5 rings (SSSR count). The van der Waals surface area contributed by atoms with Crippen LogP contribution in [0.15, 0.2) is 54.6 Å². The lowest BCUT2D eigenvalue weighted by atomic mass is 10.0. The number of fused-ring (bicyclic) bond motifs is 2. The molecule has 36 heavy (non-hydrogen) atoms. The molecule has 0 radical (unpaired) electrons. The first kappa shape index (κ1) is 26.1. The predicted octanol–water partition coefficient (Wildman–Crippen LogP) is 9.19. The normalized spacial score (nSPS) is 11.0. The molecule has 0 spiro atoms. The van der Waals surface area contributed by atoms with E-state index in [0.29, 0.717) is 17.0 Å². The maximum absolute atomic E-state index is 13.9. The van der Waals surface area contributed by atoms with Gasteiger partial charge >= 0.3 is 0 Å². The van der Waals surface area contributed by atoms with E-state index in [1.165, 1.54) is 6.07 Å². The molecule has 2 aromatic heterocycles. The Morgan fingerprint density at radius 2 is 1.17 bits per heavy atom. The fourth-order valence-corrected chi connectivity index (χ4v) is 4.51. The second-order valence-electron chi connectivity index (χ2n) is 8.06. The second-order valence-corrected chi connectivity index (χ2v) is 9.18. The molecule has 2 nitrogen and oxygen atoms in total. The summed E-state index contributed by atoms with van der Waals surface area (Å²) in [5, 5.41) is 0.885. The topological polar surface area (TPSA) is 25.8 Å². The number of hydrogen-bond acceptors (Lipinski definition) is 2. The number of rotatable bonds is 2. The summed E-state index contributed by atoms with van der Waals surface area (Å²) in [5.74, 6) is -2.78. The number of pyridine rings is 2. The van der Waals surface area contributed by atoms with Crippen LogP contribution in [0.5, 0.6) is 0 Å². The standard InChI is InChI=1S/C17H12ClF2N.C10H5Cl2F2N/c1-10-14(7-11-5-3-2-4-6-11)21-15-9-12(19)8-13(20)16(15)17(10)18;1-4-9(11)8-6(14)2-5(13)3-7(8)15-10(4)12/h2-6,8-9H,7H2,1H3;2-3H,1H3. The van der Waals surface area contributed by atoms with Crippen molar-refractivity contribution in [1.82, 2.24) is 9.97 Å². The number of nitrogens with zero attached hydrogens (tertiary/aromatic N) is 2. The third-order valence-corrected chi connectivity index (χ3v) is 6.91. The van der Waals surface area contributed by atoms with E-state index in [9.17, 15) is 17.6 Å². The van der Waals surface area contributed by atoms with Gasteiger partial charge in [0.2, 0.25) is 0 Å². The molecule has 2 heterocycles. The van der Waals surface area contributed by atoms with Crippen molar-refractivity contribution < 1.29 is 17.6 Å². The Hall–Kier alpha value is -2.93. The van der Waals surface area contributed by atoms with Crippen LogP contribution < -0.4 is 0 Å². The van der Waals surface area contributed by atoms with Crippen molar-refractivity contribution in [2.75, 3.05) is 0 Å². The molecule has 0 unspecified atom stereocenters. The smallest absolute Gasteiger partial charge is 0.137 e. The fourth-order valence-electron chi connectivity index (χ4n) is 3.70. The van der Waals surface area contributed by atoms with Gasteiger partial charge in [0.15, 0.2) is 0 Å². The van der Waals surface area contributed by atoms with Gasteiger partial charge in [0.25, 0.3) is 0 Å². The molecule has 0 aliphatic rings. The van der Waals surface area contributed by atoms with Crippen molar-refractivity contribution in [2.24, 2.45) is 0 Å². The number of hydrogen-bond donors (Lipinski definition) is 0. The van der Waals surface area contributed by atoms with Crippen LogP contribution in [0.3, 0.4) is 0 Å². The zero-order chi connectivity index (χ0) is 26.1. The Morgan fingerprint density at radius 3 is 1.72 bits per heavy atom. The van der Waals surface area contributed by atoms with Gasteiger partial charge in [0, 0.05) is 41.9 Å². The van der Waals surface area contributed by atoms with E-state index < -0.39 is 23.3 Å². The predicted molar refractivity (Wildman–Crippen MR) is 137 cm³/mol. The molecule has 0 atom stereocenters. The number of benzene rings is 3. The van der Waals surface area contributed by atoms with Gasteiger partial charge in [-0.25, -0.2) is 22.5 Å². The van der Waals surface area contributed by atoms with E-state index >= 15 is 0 Å². The minimum Gasteiger partial charge on any atom is -0.252 e. The summed E-state index contributed by atoms with van der Waals surface area (Å²) >= 11 is 17.9. The highest BCUT2D eigenvalue weighted by molar-refractivity contribution is 6.39.